The maximum Gasteiger partial charge on any atom is 0.270 e. The zero-order chi connectivity index (χ0) is 25.9. The largest absolute Gasteiger partial charge is 0.494 e. The molecule has 5 rings (SSSR count). The number of nitrogens with one attached hydrogen (secondary N) is 2. The van der Waals surface area contributed by atoms with Crippen LogP contribution in [0.1, 0.15) is 50.1 Å². The number of amides is 2. The molecule has 1 aliphatic rings. The molecule has 0 unspecified atom stereocenters. The number of halogens is 1. The van der Waals surface area contributed by atoms with Crippen LogP contribution < -0.4 is 15.4 Å². The van der Waals surface area contributed by atoms with Gasteiger partial charge in [-0.25, -0.2) is 24.0 Å². The van der Waals surface area contributed by atoms with Crippen LogP contribution in [0.2, 0.25) is 0 Å². The second kappa shape index (κ2) is 10.1. The normalized spacial score (nSPS) is 14.2. The van der Waals surface area contributed by atoms with Crippen molar-refractivity contribution in [1.82, 2.24) is 35.4 Å². The number of carbonyl (C=O) groups is 2. The third kappa shape index (κ3) is 5.01. The Morgan fingerprint density at radius 3 is 2.62 bits per heavy atom. The van der Waals surface area contributed by atoms with Crippen molar-refractivity contribution in [3.05, 3.63) is 89.0 Å². The van der Waals surface area contributed by atoms with Gasteiger partial charge in [0, 0.05) is 25.2 Å². The molecule has 1 atom stereocenters. The van der Waals surface area contributed by atoms with Crippen LogP contribution in [0, 0.1) is 5.82 Å². The predicted octanol–water partition coefficient (Wildman–Crippen LogP) is 2.77. The lowest BCUT2D eigenvalue weighted by Gasteiger charge is -2.14. The number of aryl methyl sites for hydroxylation is 2. The van der Waals surface area contributed by atoms with E-state index >= 15 is 0 Å². The molecule has 10 nitrogen and oxygen atoms in total. The van der Waals surface area contributed by atoms with Crippen LogP contribution in [0.15, 0.2) is 55.1 Å². The maximum atomic E-state index is 13.6. The van der Waals surface area contributed by atoms with Gasteiger partial charge in [0.05, 0.1) is 13.2 Å². The molecule has 2 heterocycles. The lowest BCUT2D eigenvalue weighted by Crippen LogP contribution is -2.29. The number of hydrogen-bond donors (Lipinski definition) is 2. The number of nitrogens with zero attached hydrogens (tertiary/aromatic N) is 5. The zero-order valence-corrected chi connectivity index (χ0v) is 20.2. The average Bonchev–Trinajstić information content (AvgIpc) is 3.53. The Morgan fingerprint density at radius 1 is 1.05 bits per heavy atom. The van der Waals surface area contributed by atoms with Crippen molar-refractivity contribution in [2.75, 3.05) is 7.11 Å². The van der Waals surface area contributed by atoms with Crippen molar-refractivity contribution < 1.29 is 18.7 Å². The number of fused-ring (bicyclic) bond motifs is 1. The molecule has 0 saturated heterocycles. The molecule has 2 N–H and O–H groups in total. The van der Waals surface area contributed by atoms with Gasteiger partial charge in [0.2, 0.25) is 0 Å². The summed E-state index contributed by atoms with van der Waals surface area (Å²) in [6.07, 6.45) is 4.27. The molecule has 4 aromatic rings. The lowest BCUT2D eigenvalue weighted by molar-refractivity contribution is 0.0931. The summed E-state index contributed by atoms with van der Waals surface area (Å²) in [5, 5.41) is 9.84. The summed E-state index contributed by atoms with van der Waals surface area (Å²) in [5.41, 5.74) is 3.95. The monoisotopic (exact) mass is 501 g/mol. The molecule has 0 radical (unpaired) electrons. The summed E-state index contributed by atoms with van der Waals surface area (Å²) in [5.74, 6) is -0.497. The van der Waals surface area contributed by atoms with Gasteiger partial charge in [-0.15, -0.1) is 0 Å². The summed E-state index contributed by atoms with van der Waals surface area (Å²) < 4.78 is 20.3. The minimum Gasteiger partial charge on any atom is -0.494 e. The summed E-state index contributed by atoms with van der Waals surface area (Å²) >= 11 is 0. The van der Waals surface area contributed by atoms with E-state index in [1.54, 1.807) is 10.7 Å². The van der Waals surface area contributed by atoms with Gasteiger partial charge in [-0.05, 0) is 47.7 Å². The van der Waals surface area contributed by atoms with Crippen LogP contribution in [-0.4, -0.2) is 43.7 Å². The molecular weight excluding hydrogens is 477 g/mol. The summed E-state index contributed by atoms with van der Waals surface area (Å²) in [7, 11) is 3.21. The Labute approximate surface area is 211 Å². The van der Waals surface area contributed by atoms with E-state index in [0.717, 1.165) is 35.4 Å². The Kier molecular flexibility index (Phi) is 6.59. The zero-order valence-electron chi connectivity index (χ0n) is 20.2. The highest BCUT2D eigenvalue weighted by Crippen LogP contribution is 2.34. The number of ether oxygens (including phenoxy) is 1. The maximum absolute atomic E-state index is 13.6. The summed E-state index contributed by atoms with van der Waals surface area (Å²) in [6, 6.07) is 11.6. The molecule has 0 saturated carbocycles. The number of methoxy groups -OCH3 is 1. The van der Waals surface area contributed by atoms with Crippen LogP contribution >= 0.6 is 0 Å². The second-order valence-corrected chi connectivity index (χ2v) is 8.63. The third-order valence-corrected chi connectivity index (χ3v) is 6.30. The molecule has 0 spiro atoms. The first-order valence-corrected chi connectivity index (χ1v) is 11.6. The minimum absolute atomic E-state index is 0.0503. The van der Waals surface area contributed by atoms with Crippen molar-refractivity contribution in [3.8, 4) is 17.1 Å². The summed E-state index contributed by atoms with van der Waals surface area (Å²) in [6.45, 7) is 0.135. The van der Waals surface area contributed by atoms with Gasteiger partial charge in [-0.1, -0.05) is 18.2 Å². The number of aromatic nitrogens is 5. The minimum atomic E-state index is -0.486. The first kappa shape index (κ1) is 24.0. The van der Waals surface area contributed by atoms with Crippen molar-refractivity contribution in [2.24, 2.45) is 7.05 Å². The van der Waals surface area contributed by atoms with Crippen molar-refractivity contribution in [2.45, 2.75) is 25.4 Å². The molecule has 188 valence electrons. The van der Waals surface area contributed by atoms with Crippen LogP contribution in [0.25, 0.3) is 11.4 Å². The van der Waals surface area contributed by atoms with E-state index in [1.165, 1.54) is 38.0 Å². The molecule has 2 aromatic carbocycles. The second-order valence-electron chi connectivity index (χ2n) is 8.63. The van der Waals surface area contributed by atoms with E-state index in [9.17, 15) is 14.0 Å². The van der Waals surface area contributed by atoms with Gasteiger partial charge in [-0.3, -0.25) is 9.59 Å². The van der Waals surface area contributed by atoms with Crippen LogP contribution in [0.4, 0.5) is 4.39 Å². The quantitative estimate of drug-likeness (QED) is 0.399. The van der Waals surface area contributed by atoms with Gasteiger partial charge >= 0.3 is 0 Å². The van der Waals surface area contributed by atoms with Gasteiger partial charge in [0.25, 0.3) is 11.8 Å². The smallest absolute Gasteiger partial charge is 0.270 e. The molecule has 0 bridgehead atoms. The van der Waals surface area contributed by atoms with E-state index in [4.69, 9.17) is 4.74 Å². The highest BCUT2D eigenvalue weighted by atomic mass is 19.1. The fraction of sp³-hybridized carbons (Fsp3) is 0.231. The highest BCUT2D eigenvalue weighted by Gasteiger charge is 2.26. The molecule has 2 amide bonds. The number of rotatable bonds is 7. The Hall–Kier alpha value is -4.67. The number of benzene rings is 2. The van der Waals surface area contributed by atoms with Crippen LogP contribution in [0.3, 0.4) is 0 Å². The predicted molar refractivity (Wildman–Crippen MR) is 131 cm³/mol. The third-order valence-electron chi connectivity index (χ3n) is 6.30. The number of hydrogen-bond acceptors (Lipinski definition) is 7. The lowest BCUT2D eigenvalue weighted by atomic mass is 10.0. The Balaban J connectivity index is 1.24. The highest BCUT2D eigenvalue weighted by molar-refractivity contribution is 5.97. The van der Waals surface area contributed by atoms with Gasteiger partial charge in [0.15, 0.2) is 17.4 Å². The van der Waals surface area contributed by atoms with E-state index < -0.39 is 17.6 Å². The molecule has 0 aliphatic heterocycles. The standard InChI is InChI=1S/C26H24FN7O3/c1-34-24(31-14-32-34)17-4-6-18-16(10-17)5-8-20(18)33-26(36)22-11-21(29-13-30-22)25(35)28-12-15-3-7-19(27)23(9-15)37-2/h3-4,6-7,9-11,13-14,20H,5,8,12H2,1-2H3,(H,28,35)(H,33,36)/t20-/m0/s1. The number of carbonyl (C=O) groups excluding carboxylic acids is 2. The Bertz CT molecular complexity index is 1490. The van der Waals surface area contributed by atoms with Gasteiger partial charge < -0.3 is 15.4 Å². The fourth-order valence-electron chi connectivity index (χ4n) is 4.39. The molecule has 11 heteroatoms. The Morgan fingerprint density at radius 2 is 1.86 bits per heavy atom. The van der Waals surface area contributed by atoms with E-state index in [1.807, 2.05) is 19.2 Å². The first-order valence-electron chi connectivity index (χ1n) is 11.6. The van der Waals surface area contributed by atoms with Crippen molar-refractivity contribution in [1.29, 1.82) is 0 Å². The fourth-order valence-corrected chi connectivity index (χ4v) is 4.39. The average molecular weight is 502 g/mol. The van der Waals surface area contributed by atoms with Crippen molar-refractivity contribution >= 4 is 11.8 Å². The van der Waals surface area contributed by atoms with Gasteiger partial charge in [0.1, 0.15) is 24.0 Å². The topological polar surface area (TPSA) is 124 Å². The molecular formula is C26H24FN7O3. The van der Waals surface area contributed by atoms with E-state index in [-0.39, 0.29) is 29.7 Å². The molecule has 37 heavy (non-hydrogen) atoms. The van der Waals surface area contributed by atoms with Gasteiger partial charge in [-0.2, -0.15) is 5.10 Å². The molecule has 0 fully saturated rings. The molecule has 1 aliphatic carbocycles. The van der Waals surface area contributed by atoms with Crippen molar-refractivity contribution in [3.63, 3.8) is 0 Å². The van der Waals surface area contributed by atoms with E-state index in [2.05, 4.69) is 36.8 Å². The summed E-state index contributed by atoms with van der Waals surface area (Å²) in [4.78, 5) is 37.9. The molecule has 2 aromatic heterocycles. The SMILES string of the molecule is COc1cc(CNC(=O)c2cc(C(=O)N[C@H]3CCc4cc(-c5ncnn5C)ccc43)ncn2)ccc1F. The van der Waals surface area contributed by atoms with Crippen LogP contribution in [-0.2, 0) is 20.0 Å². The first-order chi connectivity index (χ1) is 17.9. The van der Waals surface area contributed by atoms with Crippen LogP contribution in [0.5, 0.6) is 5.75 Å². The van der Waals surface area contributed by atoms with E-state index in [0.29, 0.717) is 5.56 Å².